The van der Waals surface area contributed by atoms with E-state index in [9.17, 15) is 4.79 Å². The van der Waals surface area contributed by atoms with Crippen LogP contribution in [0, 0.1) is 17.4 Å². The summed E-state index contributed by atoms with van der Waals surface area (Å²) in [6.07, 6.45) is 0. The van der Waals surface area contributed by atoms with Gasteiger partial charge in [0.25, 0.3) is 5.91 Å². The maximum Gasteiger partial charge on any atom is 0.262 e. The molecule has 0 unspecified atom stereocenters. The van der Waals surface area contributed by atoms with E-state index in [-0.39, 0.29) is 12.5 Å². The lowest BCUT2D eigenvalue weighted by molar-refractivity contribution is -0.118. The van der Waals surface area contributed by atoms with Gasteiger partial charge in [-0.05, 0) is 77.9 Å². The van der Waals surface area contributed by atoms with Crippen molar-refractivity contribution in [3.63, 3.8) is 0 Å². The first-order valence-corrected chi connectivity index (χ1v) is 8.34. The number of rotatable bonds is 4. The highest BCUT2D eigenvalue weighted by molar-refractivity contribution is 14.1. The van der Waals surface area contributed by atoms with Crippen molar-refractivity contribution in [2.45, 2.75) is 13.8 Å². The zero-order valence-electron chi connectivity index (χ0n) is 12.0. The van der Waals surface area contributed by atoms with Crippen molar-refractivity contribution in [1.82, 2.24) is 0 Å². The topological polar surface area (TPSA) is 38.3 Å². The minimum atomic E-state index is -0.241. The number of aryl methyl sites for hydroxylation is 2. The van der Waals surface area contributed by atoms with E-state index >= 15 is 0 Å². The molecule has 0 heterocycles. The molecule has 2 aromatic rings. The average Bonchev–Trinajstić information content (AvgIpc) is 2.44. The first-order chi connectivity index (χ1) is 10.4. The summed E-state index contributed by atoms with van der Waals surface area (Å²) < 4.78 is 6.58. The zero-order valence-corrected chi connectivity index (χ0v) is 15.7. The van der Waals surface area contributed by atoms with Gasteiger partial charge in [-0.2, -0.15) is 0 Å². The van der Waals surface area contributed by atoms with Crippen LogP contribution in [0.1, 0.15) is 11.1 Å². The van der Waals surface area contributed by atoms with E-state index in [4.69, 9.17) is 27.9 Å². The van der Waals surface area contributed by atoms with E-state index in [1.54, 1.807) is 18.2 Å². The maximum absolute atomic E-state index is 12.0. The van der Waals surface area contributed by atoms with E-state index in [0.717, 1.165) is 20.4 Å². The molecule has 1 N–H and O–H groups in total. The molecule has 0 saturated heterocycles. The SMILES string of the molecule is Cc1cc(NC(=O)COc2ccc(Cl)cc2Cl)c(C)cc1I. The molecule has 2 aromatic carbocycles. The van der Waals surface area contributed by atoms with Gasteiger partial charge in [0.1, 0.15) is 5.75 Å². The Hall–Kier alpha value is -0.980. The van der Waals surface area contributed by atoms with Crippen molar-refractivity contribution >= 4 is 57.4 Å². The second-order valence-electron chi connectivity index (χ2n) is 4.83. The second kappa shape index (κ2) is 7.53. The highest BCUT2D eigenvalue weighted by atomic mass is 127. The maximum atomic E-state index is 12.0. The monoisotopic (exact) mass is 449 g/mol. The summed E-state index contributed by atoms with van der Waals surface area (Å²) in [5.74, 6) is 0.187. The summed E-state index contributed by atoms with van der Waals surface area (Å²) in [7, 11) is 0. The highest BCUT2D eigenvalue weighted by Crippen LogP contribution is 2.27. The van der Waals surface area contributed by atoms with Crippen molar-refractivity contribution in [1.29, 1.82) is 0 Å². The first kappa shape index (κ1) is 17.4. The quantitative estimate of drug-likeness (QED) is 0.648. The molecule has 2 rings (SSSR count). The third-order valence-corrected chi connectivity index (χ3v) is 4.73. The summed E-state index contributed by atoms with van der Waals surface area (Å²) in [6.45, 7) is 3.83. The van der Waals surface area contributed by atoms with Crippen molar-refractivity contribution < 1.29 is 9.53 Å². The molecule has 0 radical (unpaired) electrons. The number of carbonyl (C=O) groups excluding carboxylic acids is 1. The van der Waals surface area contributed by atoms with E-state index < -0.39 is 0 Å². The van der Waals surface area contributed by atoms with Gasteiger partial charge in [0.05, 0.1) is 5.02 Å². The van der Waals surface area contributed by atoms with Gasteiger partial charge >= 0.3 is 0 Å². The van der Waals surface area contributed by atoms with Gasteiger partial charge in [-0.15, -0.1) is 0 Å². The lowest BCUT2D eigenvalue weighted by Crippen LogP contribution is -2.20. The van der Waals surface area contributed by atoms with Crippen LogP contribution in [0.5, 0.6) is 5.75 Å². The van der Waals surface area contributed by atoms with E-state index in [1.807, 2.05) is 26.0 Å². The Bertz CT molecular complexity index is 720. The molecule has 0 atom stereocenters. The van der Waals surface area contributed by atoms with Crippen LogP contribution < -0.4 is 10.1 Å². The molecule has 3 nitrogen and oxygen atoms in total. The molecule has 0 aromatic heterocycles. The van der Waals surface area contributed by atoms with Crippen LogP contribution in [0.25, 0.3) is 0 Å². The number of hydrogen-bond acceptors (Lipinski definition) is 2. The van der Waals surface area contributed by atoms with E-state index in [1.165, 1.54) is 0 Å². The fourth-order valence-electron chi connectivity index (χ4n) is 1.84. The summed E-state index contributed by atoms with van der Waals surface area (Å²) in [5, 5.41) is 3.74. The highest BCUT2D eigenvalue weighted by Gasteiger charge is 2.09. The van der Waals surface area contributed by atoms with Gasteiger partial charge in [-0.1, -0.05) is 23.2 Å². The fraction of sp³-hybridized carbons (Fsp3) is 0.188. The number of halogens is 3. The normalized spacial score (nSPS) is 10.4. The Labute approximate surface area is 153 Å². The lowest BCUT2D eigenvalue weighted by Gasteiger charge is -2.12. The average molecular weight is 450 g/mol. The third kappa shape index (κ3) is 4.51. The Morgan fingerprint density at radius 1 is 1.18 bits per heavy atom. The molecular weight excluding hydrogens is 436 g/mol. The Kier molecular flexibility index (Phi) is 5.94. The van der Waals surface area contributed by atoms with Gasteiger partial charge in [0.2, 0.25) is 0 Å². The van der Waals surface area contributed by atoms with Crippen molar-refractivity contribution in [2.24, 2.45) is 0 Å². The third-order valence-electron chi connectivity index (χ3n) is 3.03. The van der Waals surface area contributed by atoms with Gasteiger partial charge in [0, 0.05) is 14.3 Å². The number of amides is 1. The van der Waals surface area contributed by atoms with Gasteiger partial charge in [0.15, 0.2) is 6.61 Å². The number of anilines is 1. The molecule has 0 aliphatic carbocycles. The van der Waals surface area contributed by atoms with Crippen molar-refractivity contribution in [3.05, 3.63) is 55.1 Å². The van der Waals surface area contributed by atoms with E-state index in [2.05, 4.69) is 27.9 Å². The lowest BCUT2D eigenvalue weighted by atomic mass is 10.1. The Balaban J connectivity index is 2.00. The standard InChI is InChI=1S/C16H14Cl2INO2/c1-9-6-14(10(2)5-13(9)19)20-16(21)8-22-15-4-3-11(17)7-12(15)18/h3-7H,8H2,1-2H3,(H,20,21). The van der Waals surface area contributed by atoms with Crippen LogP contribution in [0.3, 0.4) is 0 Å². The van der Waals surface area contributed by atoms with Crippen molar-refractivity contribution in [3.8, 4) is 5.75 Å². The zero-order chi connectivity index (χ0) is 16.3. The predicted octanol–water partition coefficient (Wildman–Crippen LogP) is 5.23. The summed E-state index contributed by atoms with van der Waals surface area (Å²) in [4.78, 5) is 12.0. The largest absolute Gasteiger partial charge is 0.482 e. The van der Waals surface area contributed by atoms with Gasteiger partial charge in [-0.3, -0.25) is 4.79 Å². The number of ether oxygens (including phenoxy) is 1. The number of benzene rings is 2. The minimum absolute atomic E-state index is 0.119. The van der Waals surface area contributed by atoms with Crippen LogP contribution >= 0.6 is 45.8 Å². The van der Waals surface area contributed by atoms with E-state index in [0.29, 0.717) is 15.8 Å². The molecule has 0 aliphatic heterocycles. The minimum Gasteiger partial charge on any atom is -0.482 e. The molecule has 0 saturated carbocycles. The van der Waals surface area contributed by atoms with Crippen LogP contribution in [0.15, 0.2) is 30.3 Å². The van der Waals surface area contributed by atoms with Gasteiger partial charge in [-0.25, -0.2) is 0 Å². The van der Waals surface area contributed by atoms with Crippen LogP contribution in [0.4, 0.5) is 5.69 Å². The molecular formula is C16H14Cl2INO2. The molecule has 6 heteroatoms. The molecule has 0 spiro atoms. The van der Waals surface area contributed by atoms with Crippen LogP contribution in [-0.2, 0) is 4.79 Å². The van der Waals surface area contributed by atoms with Gasteiger partial charge < -0.3 is 10.1 Å². The summed E-state index contributed by atoms with van der Waals surface area (Å²) in [6, 6.07) is 8.85. The molecule has 0 aliphatic rings. The van der Waals surface area contributed by atoms with Crippen molar-refractivity contribution in [2.75, 3.05) is 11.9 Å². The molecule has 116 valence electrons. The Morgan fingerprint density at radius 2 is 1.91 bits per heavy atom. The summed E-state index contributed by atoms with van der Waals surface area (Å²) >= 11 is 14.1. The van der Waals surface area contributed by atoms with Crippen LogP contribution in [-0.4, -0.2) is 12.5 Å². The smallest absolute Gasteiger partial charge is 0.262 e. The Morgan fingerprint density at radius 3 is 2.59 bits per heavy atom. The summed E-state index contributed by atoms with van der Waals surface area (Å²) in [5.41, 5.74) is 2.91. The number of nitrogens with one attached hydrogen (secondary N) is 1. The predicted molar refractivity (Wildman–Crippen MR) is 99.2 cm³/mol. The molecule has 0 bridgehead atoms. The fourth-order valence-corrected chi connectivity index (χ4v) is 2.92. The van der Waals surface area contributed by atoms with Crippen LogP contribution in [0.2, 0.25) is 10.0 Å². The number of carbonyl (C=O) groups is 1. The number of hydrogen-bond donors (Lipinski definition) is 1. The molecule has 22 heavy (non-hydrogen) atoms. The first-order valence-electron chi connectivity index (χ1n) is 6.51. The molecule has 0 fully saturated rings. The second-order valence-corrected chi connectivity index (χ2v) is 6.83. The molecule has 1 amide bonds.